The molecule has 0 saturated heterocycles. The van der Waals surface area contributed by atoms with E-state index in [0.29, 0.717) is 36.5 Å². The van der Waals surface area contributed by atoms with Gasteiger partial charge in [0, 0.05) is 26.1 Å². The van der Waals surface area contributed by atoms with Crippen LogP contribution in [0.5, 0.6) is 11.5 Å². The average molecular weight is 284 g/mol. The Morgan fingerprint density at radius 1 is 1.10 bits per heavy atom. The number of aliphatic hydroxyl groups is 2. The molecule has 0 aliphatic carbocycles. The highest BCUT2D eigenvalue weighted by Crippen LogP contribution is 2.28. The summed E-state index contributed by atoms with van der Waals surface area (Å²) in [5.74, 6) is 0.464. The third-order valence-corrected chi connectivity index (χ3v) is 2.49. The molecule has 2 N–H and O–H groups in total. The molecule has 6 heteroatoms. The van der Waals surface area contributed by atoms with Gasteiger partial charge in [-0.05, 0) is 18.2 Å². The van der Waals surface area contributed by atoms with Gasteiger partial charge in [-0.3, -0.25) is 0 Å². The van der Waals surface area contributed by atoms with E-state index in [2.05, 4.69) is 0 Å². The van der Waals surface area contributed by atoms with Gasteiger partial charge in [-0.1, -0.05) is 0 Å². The van der Waals surface area contributed by atoms with E-state index < -0.39 is 5.97 Å². The minimum Gasteiger partial charge on any atom is -0.493 e. The summed E-state index contributed by atoms with van der Waals surface area (Å²) < 4.78 is 15.6. The number of methoxy groups -OCH3 is 1. The van der Waals surface area contributed by atoms with E-state index in [9.17, 15) is 4.79 Å². The lowest BCUT2D eigenvalue weighted by Gasteiger charge is -2.11. The van der Waals surface area contributed by atoms with Crippen molar-refractivity contribution in [1.82, 2.24) is 0 Å². The van der Waals surface area contributed by atoms with Gasteiger partial charge >= 0.3 is 5.97 Å². The first-order valence-corrected chi connectivity index (χ1v) is 6.42. The first kappa shape index (κ1) is 16.3. The van der Waals surface area contributed by atoms with Crippen molar-refractivity contribution in [2.45, 2.75) is 12.8 Å². The molecule has 6 nitrogen and oxygen atoms in total. The molecule has 0 spiro atoms. The molecule has 0 unspecified atom stereocenters. The van der Waals surface area contributed by atoms with Crippen molar-refractivity contribution >= 4 is 5.97 Å². The summed E-state index contributed by atoms with van der Waals surface area (Å²) in [4.78, 5) is 11.7. The molecule has 0 atom stereocenters. The fourth-order valence-electron chi connectivity index (χ4n) is 1.47. The molecule has 112 valence electrons. The van der Waals surface area contributed by atoms with Gasteiger partial charge in [0.05, 0.1) is 25.9 Å². The summed E-state index contributed by atoms with van der Waals surface area (Å²) in [7, 11) is 1.48. The predicted molar refractivity (Wildman–Crippen MR) is 72.2 cm³/mol. The van der Waals surface area contributed by atoms with Crippen LogP contribution in [0.2, 0.25) is 0 Å². The summed E-state index contributed by atoms with van der Waals surface area (Å²) in [6.07, 6.45) is 0.930. The molecule has 0 aliphatic heterocycles. The van der Waals surface area contributed by atoms with Gasteiger partial charge < -0.3 is 24.4 Å². The van der Waals surface area contributed by atoms with Gasteiger partial charge in [0.1, 0.15) is 0 Å². The molecule has 0 bridgehead atoms. The van der Waals surface area contributed by atoms with Crippen molar-refractivity contribution < 1.29 is 29.2 Å². The van der Waals surface area contributed by atoms with Gasteiger partial charge in [-0.15, -0.1) is 0 Å². The van der Waals surface area contributed by atoms with Crippen molar-refractivity contribution in [2.75, 3.05) is 33.5 Å². The Labute approximate surface area is 117 Å². The van der Waals surface area contributed by atoms with Crippen molar-refractivity contribution in [2.24, 2.45) is 0 Å². The maximum atomic E-state index is 11.7. The van der Waals surface area contributed by atoms with Crippen molar-refractivity contribution in [3.63, 3.8) is 0 Å². The van der Waals surface area contributed by atoms with Crippen LogP contribution in [0.15, 0.2) is 18.2 Å². The van der Waals surface area contributed by atoms with Gasteiger partial charge in [0.15, 0.2) is 11.5 Å². The fourth-order valence-corrected chi connectivity index (χ4v) is 1.47. The Balaban J connectivity index is 2.68. The first-order chi connectivity index (χ1) is 9.72. The Morgan fingerprint density at radius 2 is 1.80 bits per heavy atom. The number of ether oxygens (including phenoxy) is 3. The SMILES string of the molecule is COc1cc(C(=O)OCCCO)ccc1OCCCO. The Morgan fingerprint density at radius 3 is 2.45 bits per heavy atom. The molecule has 1 rings (SSSR count). The van der Waals surface area contributed by atoms with Gasteiger partial charge in [0.2, 0.25) is 0 Å². The number of carbonyl (C=O) groups excluding carboxylic acids is 1. The van der Waals surface area contributed by atoms with Crippen molar-refractivity contribution in [3.05, 3.63) is 23.8 Å². The van der Waals surface area contributed by atoms with Crippen LogP contribution in [0.1, 0.15) is 23.2 Å². The number of carbonyl (C=O) groups is 1. The van der Waals surface area contributed by atoms with E-state index in [1.165, 1.54) is 13.2 Å². The fraction of sp³-hybridized carbons (Fsp3) is 0.500. The summed E-state index contributed by atoms with van der Waals surface area (Å²) in [6.45, 7) is 0.575. The van der Waals surface area contributed by atoms with E-state index in [1.807, 2.05) is 0 Å². The largest absolute Gasteiger partial charge is 0.493 e. The molecule has 0 amide bonds. The highest BCUT2D eigenvalue weighted by atomic mass is 16.5. The molecule has 0 aliphatic rings. The maximum absolute atomic E-state index is 11.7. The number of benzene rings is 1. The van der Waals surface area contributed by atoms with Crippen LogP contribution in [0.4, 0.5) is 0 Å². The number of aliphatic hydroxyl groups excluding tert-OH is 2. The zero-order chi connectivity index (χ0) is 14.8. The number of hydrogen-bond acceptors (Lipinski definition) is 6. The van der Waals surface area contributed by atoms with E-state index in [1.54, 1.807) is 12.1 Å². The molecule has 0 aromatic heterocycles. The minimum atomic E-state index is -0.473. The third-order valence-electron chi connectivity index (χ3n) is 2.49. The van der Waals surface area contributed by atoms with E-state index >= 15 is 0 Å². The summed E-state index contributed by atoms with van der Waals surface area (Å²) in [6, 6.07) is 4.74. The second-order valence-electron chi connectivity index (χ2n) is 4.00. The molecular weight excluding hydrogens is 264 g/mol. The zero-order valence-corrected chi connectivity index (χ0v) is 11.5. The Kier molecular flexibility index (Phi) is 7.46. The molecule has 1 aromatic carbocycles. The number of rotatable bonds is 9. The quantitative estimate of drug-likeness (QED) is 0.520. The number of esters is 1. The lowest BCUT2D eigenvalue weighted by molar-refractivity contribution is 0.0481. The molecular formula is C14H20O6. The van der Waals surface area contributed by atoms with Gasteiger partial charge in [-0.25, -0.2) is 4.79 Å². The van der Waals surface area contributed by atoms with Gasteiger partial charge in [-0.2, -0.15) is 0 Å². The lowest BCUT2D eigenvalue weighted by atomic mass is 10.2. The standard InChI is InChI=1S/C14H20O6/c1-18-13-10-11(14(17)20-9-3-7-16)4-5-12(13)19-8-2-6-15/h4-5,10,15-16H,2-3,6-9H2,1H3. The van der Waals surface area contributed by atoms with E-state index in [-0.39, 0.29) is 19.8 Å². The minimum absolute atomic E-state index is 0.0196. The maximum Gasteiger partial charge on any atom is 0.338 e. The monoisotopic (exact) mass is 284 g/mol. The van der Waals surface area contributed by atoms with Crippen molar-refractivity contribution in [1.29, 1.82) is 0 Å². The molecule has 0 saturated carbocycles. The average Bonchev–Trinajstić information content (AvgIpc) is 2.47. The van der Waals surface area contributed by atoms with Crippen LogP contribution in [0.25, 0.3) is 0 Å². The Bertz CT molecular complexity index is 418. The van der Waals surface area contributed by atoms with Crippen LogP contribution in [-0.2, 0) is 4.74 Å². The highest BCUT2D eigenvalue weighted by molar-refractivity contribution is 5.90. The smallest absolute Gasteiger partial charge is 0.338 e. The summed E-state index contributed by atoms with van der Waals surface area (Å²) in [5.41, 5.74) is 0.356. The van der Waals surface area contributed by atoms with Crippen molar-refractivity contribution in [3.8, 4) is 11.5 Å². The van der Waals surface area contributed by atoms with Crippen LogP contribution < -0.4 is 9.47 Å². The topological polar surface area (TPSA) is 85.2 Å². The summed E-state index contributed by atoms with van der Waals surface area (Å²) >= 11 is 0. The molecule has 20 heavy (non-hydrogen) atoms. The molecule has 0 radical (unpaired) electrons. The molecule has 0 heterocycles. The van der Waals surface area contributed by atoms with Crippen LogP contribution in [-0.4, -0.2) is 49.7 Å². The third kappa shape index (κ3) is 5.07. The second kappa shape index (κ2) is 9.17. The second-order valence-corrected chi connectivity index (χ2v) is 4.00. The lowest BCUT2D eigenvalue weighted by Crippen LogP contribution is -2.08. The van der Waals surface area contributed by atoms with E-state index in [4.69, 9.17) is 24.4 Å². The van der Waals surface area contributed by atoms with Gasteiger partial charge in [0.25, 0.3) is 0 Å². The predicted octanol–water partition coefficient (Wildman–Crippen LogP) is 0.996. The summed E-state index contributed by atoms with van der Waals surface area (Å²) in [5, 5.41) is 17.3. The normalized spacial score (nSPS) is 10.2. The van der Waals surface area contributed by atoms with Crippen LogP contribution in [0.3, 0.4) is 0 Å². The molecule has 1 aromatic rings. The first-order valence-electron chi connectivity index (χ1n) is 6.42. The van der Waals surface area contributed by atoms with Crippen LogP contribution >= 0.6 is 0 Å². The van der Waals surface area contributed by atoms with Crippen LogP contribution in [0, 0.1) is 0 Å². The highest BCUT2D eigenvalue weighted by Gasteiger charge is 2.12. The molecule has 0 fully saturated rings. The number of hydrogen-bond donors (Lipinski definition) is 2. The Hall–Kier alpha value is -1.79. The zero-order valence-electron chi connectivity index (χ0n) is 11.5. The van der Waals surface area contributed by atoms with E-state index in [0.717, 1.165) is 0 Å².